The fourth-order valence-corrected chi connectivity index (χ4v) is 1.81. The summed E-state index contributed by atoms with van der Waals surface area (Å²) in [5.41, 5.74) is 0. The Balaban J connectivity index is 2.58. The SMILES string of the molecule is COC(=O)[C@H]1C=c2c(Cl)nc(Cl)cc2=N1. The van der Waals surface area contributed by atoms with E-state index in [4.69, 9.17) is 23.2 Å². The summed E-state index contributed by atoms with van der Waals surface area (Å²) in [6.07, 6.45) is 1.60. The molecule has 15 heavy (non-hydrogen) atoms. The molecule has 0 N–H and O–H groups in total. The number of methoxy groups -OCH3 is 1. The zero-order valence-corrected chi connectivity index (χ0v) is 9.21. The number of fused-ring (bicyclic) bond motifs is 1. The lowest BCUT2D eigenvalue weighted by molar-refractivity contribution is -0.140. The van der Waals surface area contributed by atoms with Gasteiger partial charge in [-0.05, 0) is 6.08 Å². The van der Waals surface area contributed by atoms with E-state index in [1.807, 2.05) is 0 Å². The number of carbonyl (C=O) groups is 1. The largest absolute Gasteiger partial charge is 0.467 e. The minimum Gasteiger partial charge on any atom is -0.467 e. The van der Waals surface area contributed by atoms with Crippen LogP contribution in [0.1, 0.15) is 0 Å². The van der Waals surface area contributed by atoms with Crippen LogP contribution in [0.4, 0.5) is 0 Å². The lowest BCUT2D eigenvalue weighted by atomic mass is 10.3. The molecule has 0 aromatic carbocycles. The van der Waals surface area contributed by atoms with Crippen LogP contribution in [0.3, 0.4) is 0 Å². The number of halogens is 2. The van der Waals surface area contributed by atoms with Crippen molar-refractivity contribution >= 4 is 35.2 Å². The number of carbonyl (C=O) groups excluding carboxylic acids is 1. The first-order valence-corrected chi connectivity index (χ1v) is 4.87. The maximum atomic E-state index is 11.2. The van der Waals surface area contributed by atoms with Crippen molar-refractivity contribution < 1.29 is 9.53 Å². The van der Waals surface area contributed by atoms with E-state index in [1.165, 1.54) is 7.11 Å². The van der Waals surface area contributed by atoms with Gasteiger partial charge in [-0.2, -0.15) is 0 Å². The van der Waals surface area contributed by atoms with Crippen LogP contribution in [-0.2, 0) is 9.53 Å². The Labute approximate surface area is 95.2 Å². The van der Waals surface area contributed by atoms with Gasteiger partial charge < -0.3 is 4.74 Å². The van der Waals surface area contributed by atoms with E-state index in [1.54, 1.807) is 12.1 Å². The van der Waals surface area contributed by atoms with Crippen molar-refractivity contribution in [3.05, 3.63) is 26.9 Å². The van der Waals surface area contributed by atoms with E-state index < -0.39 is 12.0 Å². The van der Waals surface area contributed by atoms with E-state index >= 15 is 0 Å². The first kappa shape index (κ1) is 10.4. The number of ether oxygens (including phenoxy) is 1. The first-order valence-electron chi connectivity index (χ1n) is 4.11. The summed E-state index contributed by atoms with van der Waals surface area (Å²) >= 11 is 11.6. The molecule has 1 aliphatic heterocycles. The molecule has 0 saturated heterocycles. The maximum Gasteiger partial charge on any atom is 0.334 e. The van der Waals surface area contributed by atoms with Gasteiger partial charge in [0.2, 0.25) is 0 Å². The van der Waals surface area contributed by atoms with Gasteiger partial charge in [0.05, 0.1) is 12.5 Å². The highest BCUT2D eigenvalue weighted by Crippen LogP contribution is 2.06. The molecule has 0 amide bonds. The molecule has 0 unspecified atom stereocenters. The molecular formula is C9H6Cl2N2O2. The highest BCUT2D eigenvalue weighted by molar-refractivity contribution is 6.32. The Morgan fingerprint density at radius 1 is 1.53 bits per heavy atom. The second kappa shape index (κ2) is 3.79. The Morgan fingerprint density at radius 3 is 2.93 bits per heavy atom. The number of rotatable bonds is 1. The number of nitrogens with zero attached hydrogens (tertiary/aromatic N) is 2. The minimum absolute atomic E-state index is 0.243. The highest BCUT2D eigenvalue weighted by atomic mass is 35.5. The van der Waals surface area contributed by atoms with Gasteiger partial charge in [-0.3, -0.25) is 4.99 Å². The number of hydrogen-bond acceptors (Lipinski definition) is 4. The third kappa shape index (κ3) is 1.82. The summed E-state index contributed by atoms with van der Waals surface area (Å²) in [5.74, 6) is -0.432. The molecule has 4 nitrogen and oxygen atoms in total. The molecule has 0 aliphatic carbocycles. The molecule has 2 heterocycles. The molecule has 1 aromatic rings. The third-order valence-electron chi connectivity index (χ3n) is 2.00. The van der Waals surface area contributed by atoms with E-state index in [0.29, 0.717) is 10.6 Å². The highest BCUT2D eigenvalue weighted by Gasteiger charge is 2.19. The summed E-state index contributed by atoms with van der Waals surface area (Å²) in [6, 6.07) is 0.908. The monoisotopic (exact) mass is 244 g/mol. The fourth-order valence-electron chi connectivity index (χ4n) is 1.33. The average Bonchev–Trinajstić information content (AvgIpc) is 2.60. The second-order valence-corrected chi connectivity index (χ2v) is 3.68. The van der Waals surface area contributed by atoms with Crippen molar-refractivity contribution in [1.82, 2.24) is 4.98 Å². The number of aromatic nitrogens is 1. The van der Waals surface area contributed by atoms with Crippen molar-refractivity contribution in [2.45, 2.75) is 6.04 Å². The maximum absolute atomic E-state index is 11.2. The molecule has 0 spiro atoms. The Kier molecular flexibility index (Phi) is 2.63. The van der Waals surface area contributed by atoms with Gasteiger partial charge in [0.15, 0.2) is 6.04 Å². The predicted molar refractivity (Wildman–Crippen MR) is 55.3 cm³/mol. The smallest absolute Gasteiger partial charge is 0.334 e. The summed E-state index contributed by atoms with van der Waals surface area (Å²) in [4.78, 5) is 19.2. The summed E-state index contributed by atoms with van der Waals surface area (Å²) in [7, 11) is 1.31. The molecule has 0 fully saturated rings. The molecule has 1 atom stereocenters. The zero-order valence-electron chi connectivity index (χ0n) is 7.70. The third-order valence-corrected chi connectivity index (χ3v) is 2.49. The van der Waals surface area contributed by atoms with Gasteiger partial charge in [0.25, 0.3) is 0 Å². The Bertz CT molecular complexity index is 542. The quantitative estimate of drug-likeness (QED) is 0.529. The lowest BCUT2D eigenvalue weighted by Crippen LogP contribution is -2.23. The van der Waals surface area contributed by atoms with Crippen LogP contribution in [0.15, 0.2) is 11.1 Å². The van der Waals surface area contributed by atoms with Crippen molar-refractivity contribution in [3.63, 3.8) is 0 Å². The molecule has 78 valence electrons. The molecule has 6 heteroatoms. The van der Waals surface area contributed by atoms with Crippen LogP contribution < -0.4 is 10.6 Å². The fraction of sp³-hybridized carbons (Fsp3) is 0.222. The molecule has 0 bridgehead atoms. The second-order valence-electron chi connectivity index (χ2n) is 2.93. The zero-order chi connectivity index (χ0) is 11.0. The van der Waals surface area contributed by atoms with Gasteiger partial charge in [-0.15, -0.1) is 0 Å². The molecule has 0 radical (unpaired) electrons. The lowest BCUT2D eigenvalue weighted by Gasteiger charge is -1.99. The van der Waals surface area contributed by atoms with Gasteiger partial charge in [-0.25, -0.2) is 9.78 Å². The summed E-state index contributed by atoms with van der Waals surface area (Å²) < 4.78 is 4.58. The Hall–Kier alpha value is -1.13. The van der Waals surface area contributed by atoms with Crippen LogP contribution in [0, 0.1) is 0 Å². The van der Waals surface area contributed by atoms with Crippen LogP contribution in [0.2, 0.25) is 10.3 Å². The standard InChI is InChI=1S/C9H6Cl2N2O2/c1-15-9(14)6-2-4-5(12-6)3-7(10)13-8(4)11/h2-3,6H,1H3/t6-/m1/s1. The number of hydrogen-bond donors (Lipinski definition) is 0. The van der Waals surface area contributed by atoms with E-state index in [9.17, 15) is 4.79 Å². The van der Waals surface area contributed by atoms with Crippen LogP contribution in [-0.4, -0.2) is 24.1 Å². The molecular weight excluding hydrogens is 239 g/mol. The normalized spacial score (nSPS) is 17.7. The van der Waals surface area contributed by atoms with Crippen molar-refractivity contribution in [1.29, 1.82) is 0 Å². The predicted octanol–water partition coefficient (Wildman–Crippen LogP) is 0.344. The van der Waals surface area contributed by atoms with Gasteiger partial charge in [-0.1, -0.05) is 23.2 Å². The number of pyridine rings is 1. The summed E-state index contributed by atoms with van der Waals surface area (Å²) in [5, 5.41) is 1.68. The molecule has 1 aliphatic rings. The first-order chi connectivity index (χ1) is 7.11. The molecule has 1 aromatic heterocycles. The van der Waals surface area contributed by atoms with Gasteiger partial charge in [0, 0.05) is 11.3 Å². The van der Waals surface area contributed by atoms with Crippen LogP contribution in [0.5, 0.6) is 0 Å². The summed E-state index contributed by atoms with van der Waals surface area (Å²) in [6.45, 7) is 0. The van der Waals surface area contributed by atoms with E-state index in [0.717, 1.165) is 0 Å². The van der Waals surface area contributed by atoms with Crippen LogP contribution in [0.25, 0.3) is 6.08 Å². The van der Waals surface area contributed by atoms with Crippen molar-refractivity contribution in [2.75, 3.05) is 7.11 Å². The molecule has 2 rings (SSSR count). The van der Waals surface area contributed by atoms with Gasteiger partial charge >= 0.3 is 5.97 Å². The van der Waals surface area contributed by atoms with Gasteiger partial charge in [0.1, 0.15) is 10.3 Å². The topological polar surface area (TPSA) is 51.5 Å². The minimum atomic E-state index is -0.650. The van der Waals surface area contributed by atoms with Crippen molar-refractivity contribution in [2.24, 2.45) is 4.99 Å². The van der Waals surface area contributed by atoms with Crippen molar-refractivity contribution in [3.8, 4) is 0 Å². The Morgan fingerprint density at radius 2 is 2.27 bits per heavy atom. The molecule has 0 saturated carbocycles. The number of esters is 1. The van der Waals surface area contributed by atoms with E-state index in [-0.39, 0.29) is 10.3 Å². The van der Waals surface area contributed by atoms with E-state index in [2.05, 4.69) is 14.7 Å². The van der Waals surface area contributed by atoms with Crippen LogP contribution >= 0.6 is 23.2 Å². The average molecular weight is 245 g/mol.